The predicted molar refractivity (Wildman–Crippen MR) is 79.1 cm³/mol. The van der Waals surface area contributed by atoms with Gasteiger partial charge in [-0.05, 0) is 42.5 Å². The van der Waals surface area contributed by atoms with Gasteiger partial charge in [0.2, 0.25) is 11.7 Å². The van der Waals surface area contributed by atoms with E-state index in [9.17, 15) is 0 Å². The quantitative estimate of drug-likeness (QED) is 0.838. The summed E-state index contributed by atoms with van der Waals surface area (Å²) in [5.41, 5.74) is 7.63. The molecule has 1 aromatic carbocycles. The van der Waals surface area contributed by atoms with Crippen molar-refractivity contribution in [1.82, 2.24) is 10.1 Å². The maximum absolute atomic E-state index is 5.70. The second kappa shape index (κ2) is 4.93. The number of nitrogen functional groups attached to an aromatic ring is 1. The highest BCUT2D eigenvalue weighted by Crippen LogP contribution is 2.46. The number of hydrogen-bond donors (Lipinski definition) is 1. The molecule has 2 N–H and O–H groups in total. The molecule has 2 aromatic rings. The Morgan fingerprint density at radius 3 is 2.65 bits per heavy atom. The van der Waals surface area contributed by atoms with Gasteiger partial charge in [-0.1, -0.05) is 31.8 Å². The third kappa shape index (κ3) is 2.42. The summed E-state index contributed by atoms with van der Waals surface area (Å²) in [6, 6.07) is 7.57. The Labute approximate surface area is 119 Å². The number of hydrogen-bond acceptors (Lipinski definition) is 4. The fourth-order valence-corrected chi connectivity index (χ4v) is 3.08. The highest BCUT2D eigenvalue weighted by atomic mass is 16.5. The molecule has 4 nitrogen and oxygen atoms in total. The Hall–Kier alpha value is -1.84. The van der Waals surface area contributed by atoms with Crippen LogP contribution < -0.4 is 5.73 Å². The first kappa shape index (κ1) is 13.2. The van der Waals surface area contributed by atoms with E-state index in [2.05, 4.69) is 24.0 Å². The lowest BCUT2D eigenvalue weighted by atomic mass is 9.69. The zero-order chi connectivity index (χ0) is 14.2. The van der Waals surface area contributed by atoms with E-state index in [0.717, 1.165) is 23.6 Å². The van der Waals surface area contributed by atoms with Gasteiger partial charge in [-0.2, -0.15) is 4.98 Å². The van der Waals surface area contributed by atoms with Crippen LogP contribution in [-0.2, 0) is 0 Å². The summed E-state index contributed by atoms with van der Waals surface area (Å²) in [6.07, 6.45) is 4.89. The van der Waals surface area contributed by atoms with Gasteiger partial charge in [-0.15, -0.1) is 0 Å². The summed E-state index contributed by atoms with van der Waals surface area (Å²) in [4.78, 5) is 4.61. The number of rotatable bonds is 2. The van der Waals surface area contributed by atoms with E-state index in [-0.39, 0.29) is 5.41 Å². The van der Waals surface area contributed by atoms with E-state index in [0.29, 0.717) is 11.7 Å². The molecule has 1 heterocycles. The molecule has 0 radical (unpaired) electrons. The molecule has 0 saturated heterocycles. The van der Waals surface area contributed by atoms with Crippen LogP contribution in [0.1, 0.15) is 51.3 Å². The molecule has 3 rings (SSSR count). The summed E-state index contributed by atoms with van der Waals surface area (Å²) in [6.45, 7) is 4.59. The second-order valence-corrected chi connectivity index (χ2v) is 6.37. The van der Waals surface area contributed by atoms with Crippen molar-refractivity contribution >= 4 is 5.69 Å². The van der Waals surface area contributed by atoms with Crippen molar-refractivity contribution in [2.45, 2.75) is 45.4 Å². The average Bonchev–Trinajstić information content (AvgIpc) is 2.88. The van der Waals surface area contributed by atoms with Crippen LogP contribution in [0.15, 0.2) is 28.8 Å². The molecule has 1 unspecified atom stereocenters. The Bertz CT molecular complexity index is 586. The van der Waals surface area contributed by atoms with Crippen molar-refractivity contribution in [3.05, 3.63) is 30.2 Å². The van der Waals surface area contributed by atoms with E-state index >= 15 is 0 Å². The van der Waals surface area contributed by atoms with Crippen molar-refractivity contribution in [1.29, 1.82) is 0 Å². The van der Waals surface area contributed by atoms with Crippen LogP contribution in [0.2, 0.25) is 0 Å². The lowest BCUT2D eigenvalue weighted by Crippen LogP contribution is -2.26. The maximum atomic E-state index is 5.70. The van der Waals surface area contributed by atoms with Crippen LogP contribution in [0, 0.1) is 5.41 Å². The standard InChI is InChI=1S/C16H21N3O/c1-16(2)10-4-3-5-13(16)15-18-14(19-20-15)11-6-8-12(17)9-7-11/h6-9,13H,3-5,10,17H2,1-2H3. The van der Waals surface area contributed by atoms with Crippen molar-refractivity contribution in [2.75, 3.05) is 5.73 Å². The van der Waals surface area contributed by atoms with E-state index in [1.165, 1.54) is 19.3 Å². The summed E-state index contributed by atoms with van der Waals surface area (Å²) in [7, 11) is 0. The number of benzene rings is 1. The minimum atomic E-state index is 0.239. The monoisotopic (exact) mass is 271 g/mol. The zero-order valence-corrected chi connectivity index (χ0v) is 12.1. The minimum Gasteiger partial charge on any atom is -0.399 e. The molecular weight excluding hydrogens is 250 g/mol. The second-order valence-electron chi connectivity index (χ2n) is 6.37. The lowest BCUT2D eigenvalue weighted by molar-refractivity contribution is 0.164. The van der Waals surface area contributed by atoms with Gasteiger partial charge in [0, 0.05) is 17.2 Å². The Morgan fingerprint density at radius 2 is 1.95 bits per heavy atom. The molecule has 1 aliphatic rings. The summed E-state index contributed by atoms with van der Waals surface area (Å²) >= 11 is 0. The number of nitrogens with two attached hydrogens (primary N) is 1. The summed E-state index contributed by atoms with van der Waals surface area (Å²) in [5, 5.41) is 4.13. The Kier molecular flexibility index (Phi) is 3.24. The molecule has 0 spiro atoms. The van der Waals surface area contributed by atoms with E-state index in [1.54, 1.807) is 0 Å². The molecule has 0 amide bonds. The molecule has 1 fully saturated rings. The topological polar surface area (TPSA) is 64.9 Å². The molecule has 0 bridgehead atoms. The van der Waals surface area contributed by atoms with Gasteiger partial charge in [0.25, 0.3) is 0 Å². The van der Waals surface area contributed by atoms with Crippen LogP contribution in [-0.4, -0.2) is 10.1 Å². The smallest absolute Gasteiger partial charge is 0.230 e. The van der Waals surface area contributed by atoms with Crippen molar-refractivity contribution < 1.29 is 4.52 Å². The highest BCUT2D eigenvalue weighted by Gasteiger charge is 2.37. The fourth-order valence-electron chi connectivity index (χ4n) is 3.08. The van der Waals surface area contributed by atoms with Gasteiger partial charge in [0.05, 0.1) is 0 Å². The molecule has 1 atom stereocenters. The molecule has 20 heavy (non-hydrogen) atoms. The molecular formula is C16H21N3O. The fraction of sp³-hybridized carbons (Fsp3) is 0.500. The largest absolute Gasteiger partial charge is 0.399 e. The van der Waals surface area contributed by atoms with Gasteiger partial charge in [0.15, 0.2) is 0 Å². The average molecular weight is 271 g/mol. The zero-order valence-electron chi connectivity index (χ0n) is 12.1. The third-order valence-electron chi connectivity index (χ3n) is 4.42. The van der Waals surface area contributed by atoms with Crippen LogP contribution >= 0.6 is 0 Å². The molecule has 0 aliphatic heterocycles. The van der Waals surface area contributed by atoms with Crippen LogP contribution in [0.5, 0.6) is 0 Å². The van der Waals surface area contributed by atoms with Gasteiger partial charge >= 0.3 is 0 Å². The first-order chi connectivity index (χ1) is 9.56. The summed E-state index contributed by atoms with van der Waals surface area (Å²) in [5.74, 6) is 1.80. The van der Waals surface area contributed by atoms with Crippen LogP contribution in [0.4, 0.5) is 5.69 Å². The highest BCUT2D eigenvalue weighted by molar-refractivity contribution is 5.58. The number of anilines is 1. The molecule has 1 saturated carbocycles. The van der Waals surface area contributed by atoms with Gasteiger partial charge in [0.1, 0.15) is 0 Å². The van der Waals surface area contributed by atoms with Gasteiger partial charge in [-0.25, -0.2) is 0 Å². The molecule has 1 aliphatic carbocycles. The minimum absolute atomic E-state index is 0.239. The normalized spacial score (nSPS) is 21.8. The van der Waals surface area contributed by atoms with Crippen LogP contribution in [0.25, 0.3) is 11.4 Å². The van der Waals surface area contributed by atoms with Gasteiger partial charge < -0.3 is 10.3 Å². The number of nitrogens with zero attached hydrogens (tertiary/aromatic N) is 2. The van der Waals surface area contributed by atoms with Crippen molar-refractivity contribution in [2.24, 2.45) is 5.41 Å². The lowest BCUT2D eigenvalue weighted by Gasteiger charge is -2.36. The molecule has 106 valence electrons. The number of aromatic nitrogens is 2. The van der Waals surface area contributed by atoms with Crippen LogP contribution in [0.3, 0.4) is 0 Å². The van der Waals surface area contributed by atoms with E-state index in [1.807, 2.05) is 24.3 Å². The Balaban J connectivity index is 1.88. The third-order valence-corrected chi connectivity index (χ3v) is 4.42. The first-order valence-electron chi connectivity index (χ1n) is 7.26. The molecule has 4 heteroatoms. The van der Waals surface area contributed by atoms with Crippen molar-refractivity contribution in [3.8, 4) is 11.4 Å². The SMILES string of the molecule is CC1(C)CCCCC1c1nc(-c2ccc(N)cc2)no1. The van der Waals surface area contributed by atoms with Gasteiger partial charge in [-0.3, -0.25) is 0 Å². The van der Waals surface area contributed by atoms with E-state index < -0.39 is 0 Å². The predicted octanol–water partition coefficient (Wildman–Crippen LogP) is 4.00. The molecule has 1 aromatic heterocycles. The first-order valence-corrected chi connectivity index (χ1v) is 7.26. The Morgan fingerprint density at radius 1 is 1.20 bits per heavy atom. The maximum Gasteiger partial charge on any atom is 0.230 e. The summed E-state index contributed by atoms with van der Waals surface area (Å²) < 4.78 is 5.53. The van der Waals surface area contributed by atoms with E-state index in [4.69, 9.17) is 10.3 Å². The van der Waals surface area contributed by atoms with Crippen molar-refractivity contribution in [3.63, 3.8) is 0 Å².